The van der Waals surface area contributed by atoms with Crippen molar-refractivity contribution in [3.05, 3.63) is 82.3 Å². The Bertz CT molecular complexity index is 1650. The van der Waals surface area contributed by atoms with Gasteiger partial charge >= 0.3 is 0 Å². The number of pyridine rings is 1. The molecule has 0 radical (unpaired) electrons. The number of hydrogen-bond acceptors (Lipinski definition) is 6. The Morgan fingerprint density at radius 2 is 1.74 bits per heavy atom. The van der Waals surface area contributed by atoms with Gasteiger partial charge in [0, 0.05) is 53.6 Å². The van der Waals surface area contributed by atoms with Gasteiger partial charge in [0.1, 0.15) is 5.69 Å². The normalized spacial score (nSPS) is 19.5. The number of aromatic nitrogens is 3. The Hall–Kier alpha value is -3.56. The first kappa shape index (κ1) is 21.9. The van der Waals surface area contributed by atoms with Gasteiger partial charge in [-0.1, -0.05) is 42.5 Å². The first-order chi connectivity index (χ1) is 16.8. The molecule has 2 aromatic carbocycles. The van der Waals surface area contributed by atoms with Crippen molar-refractivity contribution in [2.24, 2.45) is 11.1 Å². The SMILES string of the molecule is Cc1ccc(-c2nnc(N3C[C@@H]4C[C@H](C3)c3cccc(=O)n3C4)c3ccccc23)cc1S(N)(=O)=O. The summed E-state index contributed by atoms with van der Waals surface area (Å²) >= 11 is 0. The van der Waals surface area contributed by atoms with Crippen LogP contribution in [-0.4, -0.2) is 36.3 Å². The van der Waals surface area contributed by atoms with Crippen LogP contribution >= 0.6 is 0 Å². The lowest BCUT2D eigenvalue weighted by molar-refractivity contribution is 0.280. The Morgan fingerprint density at radius 1 is 0.943 bits per heavy atom. The van der Waals surface area contributed by atoms with E-state index in [1.807, 2.05) is 41.0 Å². The average molecular weight is 488 g/mol. The highest BCUT2D eigenvalue weighted by Gasteiger charge is 2.35. The molecule has 0 saturated carbocycles. The van der Waals surface area contributed by atoms with Gasteiger partial charge in [-0.25, -0.2) is 13.6 Å². The van der Waals surface area contributed by atoms with Crippen LogP contribution in [0.2, 0.25) is 0 Å². The van der Waals surface area contributed by atoms with Gasteiger partial charge < -0.3 is 9.47 Å². The van der Waals surface area contributed by atoms with E-state index >= 15 is 0 Å². The molecule has 4 heterocycles. The second-order valence-corrected chi connectivity index (χ2v) is 11.1. The molecule has 2 N–H and O–H groups in total. The van der Waals surface area contributed by atoms with Gasteiger partial charge in [0.15, 0.2) is 5.82 Å². The van der Waals surface area contributed by atoms with Gasteiger partial charge in [-0.2, -0.15) is 0 Å². The van der Waals surface area contributed by atoms with Crippen molar-refractivity contribution in [2.75, 3.05) is 18.0 Å². The molecule has 0 aliphatic carbocycles. The van der Waals surface area contributed by atoms with Gasteiger partial charge in [-0.05, 0) is 37.0 Å². The lowest BCUT2D eigenvalue weighted by atomic mass is 9.83. The number of piperidine rings is 1. The summed E-state index contributed by atoms with van der Waals surface area (Å²) in [5.74, 6) is 1.42. The van der Waals surface area contributed by atoms with E-state index in [0.717, 1.165) is 41.8 Å². The quantitative estimate of drug-likeness (QED) is 0.476. The van der Waals surface area contributed by atoms with Crippen LogP contribution in [0, 0.1) is 12.8 Å². The first-order valence-electron chi connectivity index (χ1n) is 11.6. The summed E-state index contributed by atoms with van der Waals surface area (Å²) in [4.78, 5) is 14.7. The molecule has 2 aliphatic rings. The van der Waals surface area contributed by atoms with E-state index < -0.39 is 10.0 Å². The van der Waals surface area contributed by atoms with Crippen molar-refractivity contribution in [1.82, 2.24) is 14.8 Å². The number of fused-ring (bicyclic) bond motifs is 5. The maximum atomic E-state index is 12.4. The van der Waals surface area contributed by atoms with E-state index in [9.17, 15) is 13.2 Å². The fourth-order valence-corrected chi connectivity index (χ4v) is 6.47. The highest BCUT2D eigenvalue weighted by Crippen LogP contribution is 2.39. The molecule has 2 bridgehead atoms. The first-order valence-corrected chi connectivity index (χ1v) is 13.2. The van der Waals surface area contributed by atoms with Crippen LogP contribution in [0.25, 0.3) is 22.0 Å². The second kappa shape index (κ2) is 8.00. The van der Waals surface area contributed by atoms with Crippen molar-refractivity contribution in [2.45, 2.75) is 30.7 Å². The minimum absolute atomic E-state index is 0.0669. The molecular weight excluding hydrogens is 462 g/mol. The van der Waals surface area contributed by atoms with Crippen molar-refractivity contribution in [3.8, 4) is 11.3 Å². The largest absolute Gasteiger partial charge is 0.354 e. The summed E-state index contributed by atoms with van der Waals surface area (Å²) < 4.78 is 26.1. The van der Waals surface area contributed by atoms with Crippen LogP contribution in [0.5, 0.6) is 0 Å². The highest BCUT2D eigenvalue weighted by atomic mass is 32.2. The van der Waals surface area contributed by atoms with Crippen molar-refractivity contribution in [1.29, 1.82) is 0 Å². The molecule has 1 saturated heterocycles. The Morgan fingerprint density at radius 3 is 2.54 bits per heavy atom. The summed E-state index contributed by atoms with van der Waals surface area (Å²) in [7, 11) is -3.86. The molecule has 2 aliphatic heterocycles. The average Bonchev–Trinajstić information content (AvgIpc) is 2.84. The summed E-state index contributed by atoms with van der Waals surface area (Å²) in [5.41, 5.74) is 3.01. The second-order valence-electron chi connectivity index (χ2n) is 9.55. The number of aryl methyl sites for hydroxylation is 1. The van der Waals surface area contributed by atoms with Crippen LogP contribution in [-0.2, 0) is 16.6 Å². The van der Waals surface area contributed by atoms with Crippen molar-refractivity contribution < 1.29 is 8.42 Å². The predicted molar refractivity (Wildman–Crippen MR) is 135 cm³/mol. The number of rotatable bonds is 3. The van der Waals surface area contributed by atoms with E-state index in [2.05, 4.69) is 21.2 Å². The van der Waals surface area contributed by atoms with Gasteiger partial charge in [-0.3, -0.25) is 4.79 Å². The molecule has 35 heavy (non-hydrogen) atoms. The smallest absolute Gasteiger partial charge is 0.250 e. The third kappa shape index (κ3) is 3.71. The molecule has 2 aromatic heterocycles. The molecule has 0 spiro atoms. The monoisotopic (exact) mass is 487 g/mol. The predicted octanol–water partition coefficient (Wildman–Crippen LogP) is 3.04. The minimum atomic E-state index is -3.86. The van der Waals surface area contributed by atoms with Crippen LogP contribution in [0.15, 0.2) is 70.4 Å². The van der Waals surface area contributed by atoms with Crippen molar-refractivity contribution in [3.63, 3.8) is 0 Å². The molecular formula is C26H25N5O3S. The molecule has 0 amide bonds. The minimum Gasteiger partial charge on any atom is -0.354 e. The van der Waals surface area contributed by atoms with E-state index in [1.165, 1.54) is 0 Å². The van der Waals surface area contributed by atoms with E-state index in [0.29, 0.717) is 29.3 Å². The van der Waals surface area contributed by atoms with Gasteiger partial charge in [0.05, 0.1) is 4.90 Å². The third-order valence-electron chi connectivity index (χ3n) is 7.22. The van der Waals surface area contributed by atoms with Gasteiger partial charge in [-0.15, -0.1) is 10.2 Å². The van der Waals surface area contributed by atoms with E-state index in [4.69, 9.17) is 5.14 Å². The zero-order valence-corrected chi connectivity index (χ0v) is 20.1. The lowest BCUT2D eigenvalue weighted by Gasteiger charge is -2.43. The number of nitrogens with two attached hydrogens (primary N) is 1. The Labute approximate surface area is 203 Å². The molecule has 0 unspecified atom stereocenters. The molecule has 2 atom stereocenters. The van der Waals surface area contributed by atoms with Crippen LogP contribution in [0.4, 0.5) is 5.82 Å². The molecule has 8 nitrogen and oxygen atoms in total. The number of nitrogens with zero attached hydrogens (tertiary/aromatic N) is 4. The number of primary sulfonamides is 1. The zero-order valence-electron chi connectivity index (χ0n) is 19.3. The van der Waals surface area contributed by atoms with E-state index in [1.54, 1.807) is 25.1 Å². The molecule has 9 heteroatoms. The topological polar surface area (TPSA) is 111 Å². The maximum Gasteiger partial charge on any atom is 0.250 e. The summed E-state index contributed by atoms with van der Waals surface area (Å²) in [6, 6.07) is 18.6. The van der Waals surface area contributed by atoms with Crippen LogP contribution in [0.1, 0.15) is 23.6 Å². The Kier molecular flexibility index (Phi) is 5.01. The summed E-state index contributed by atoms with van der Waals surface area (Å²) in [5, 5.41) is 16.5. The maximum absolute atomic E-state index is 12.4. The summed E-state index contributed by atoms with van der Waals surface area (Å²) in [6.07, 6.45) is 1.06. The third-order valence-corrected chi connectivity index (χ3v) is 8.27. The van der Waals surface area contributed by atoms with Gasteiger partial charge in [0.25, 0.3) is 5.56 Å². The molecule has 4 aromatic rings. The number of hydrogen-bond donors (Lipinski definition) is 1. The van der Waals surface area contributed by atoms with Crippen LogP contribution in [0.3, 0.4) is 0 Å². The lowest BCUT2D eigenvalue weighted by Crippen LogP contribution is -2.47. The summed E-state index contributed by atoms with van der Waals surface area (Å²) in [6.45, 7) is 3.99. The fraction of sp³-hybridized carbons (Fsp3) is 0.269. The van der Waals surface area contributed by atoms with Crippen LogP contribution < -0.4 is 15.6 Å². The van der Waals surface area contributed by atoms with Crippen molar-refractivity contribution >= 4 is 26.6 Å². The zero-order chi connectivity index (χ0) is 24.3. The number of anilines is 1. The number of sulfonamides is 1. The fourth-order valence-electron chi connectivity index (χ4n) is 5.66. The van der Waals surface area contributed by atoms with Gasteiger partial charge in [0.2, 0.25) is 10.0 Å². The van der Waals surface area contributed by atoms with E-state index in [-0.39, 0.29) is 16.4 Å². The number of benzene rings is 2. The molecule has 178 valence electrons. The molecule has 6 rings (SSSR count). The highest BCUT2D eigenvalue weighted by molar-refractivity contribution is 7.89. The Balaban J connectivity index is 1.44. The standard InChI is InChI=1S/C26H25N5O3S/c1-16-9-10-18(12-23(16)35(27,33)34)25-20-5-2-3-6-21(20)26(29-28-25)30-13-17-11-19(15-30)22-7-4-8-24(32)31(22)14-17/h2-10,12,17,19H,11,13-15H2,1H3,(H2,27,33,34)/t17-,19+/m0/s1. The molecule has 1 fully saturated rings.